The second kappa shape index (κ2) is 11.5. The van der Waals surface area contributed by atoms with Crippen LogP contribution in [0.5, 0.6) is 23.0 Å². The number of ether oxygens (including phenoxy) is 3. The van der Waals surface area contributed by atoms with Crippen molar-refractivity contribution in [3.05, 3.63) is 101 Å². The maximum Gasteiger partial charge on any atom is 0.158 e. The number of allylic oxidation sites excluding steroid dienone is 1. The van der Waals surface area contributed by atoms with E-state index in [1.807, 2.05) is 49.4 Å². The van der Waals surface area contributed by atoms with Gasteiger partial charge >= 0.3 is 0 Å². The summed E-state index contributed by atoms with van der Waals surface area (Å²) in [6, 6.07) is 22.0. The highest BCUT2D eigenvalue weighted by molar-refractivity contribution is 5.88. The van der Waals surface area contributed by atoms with Crippen molar-refractivity contribution >= 4 is 16.9 Å². The molecule has 2 N–H and O–H groups in total. The number of aryl methyl sites for hydroxylation is 1. The second-order valence-corrected chi connectivity index (χ2v) is 10.7. The summed E-state index contributed by atoms with van der Waals surface area (Å²) in [5.41, 5.74) is 10.4. The fourth-order valence-electron chi connectivity index (χ4n) is 5.28. The summed E-state index contributed by atoms with van der Waals surface area (Å²) in [5, 5.41) is 3.62. The van der Waals surface area contributed by atoms with Crippen LogP contribution in [0, 0.1) is 12.7 Å². The average molecular weight is 555 g/mol. The summed E-state index contributed by atoms with van der Waals surface area (Å²) in [4.78, 5) is 5.87. The molecule has 212 valence electrons. The van der Waals surface area contributed by atoms with Gasteiger partial charge in [0, 0.05) is 34.5 Å². The third kappa shape index (κ3) is 5.94. The molecule has 0 bridgehead atoms. The first-order valence-corrected chi connectivity index (χ1v) is 13.5. The predicted molar refractivity (Wildman–Crippen MR) is 162 cm³/mol. The largest absolute Gasteiger partial charge is 0.496 e. The summed E-state index contributed by atoms with van der Waals surface area (Å²) in [7, 11) is 3.25. The van der Waals surface area contributed by atoms with Gasteiger partial charge < -0.3 is 24.4 Å². The zero-order chi connectivity index (χ0) is 29.1. The van der Waals surface area contributed by atoms with Gasteiger partial charge in [0.1, 0.15) is 35.4 Å². The third-order valence-electron chi connectivity index (χ3n) is 7.11. The minimum Gasteiger partial charge on any atom is -0.496 e. The Labute approximate surface area is 240 Å². The van der Waals surface area contributed by atoms with Crippen LogP contribution in [0.4, 0.5) is 15.8 Å². The van der Waals surface area contributed by atoms with Gasteiger partial charge in [-0.05, 0) is 80.8 Å². The molecule has 0 atom stereocenters. The highest BCUT2D eigenvalue weighted by atomic mass is 19.1. The Bertz CT molecular complexity index is 1610. The first kappa shape index (κ1) is 27.9. The lowest BCUT2D eigenvalue weighted by Crippen LogP contribution is -2.32. The van der Waals surface area contributed by atoms with Crippen LogP contribution in [0.15, 0.2) is 78.9 Å². The number of halogens is 1. The highest BCUT2D eigenvalue weighted by Crippen LogP contribution is 2.43. The predicted octanol–water partition coefficient (Wildman–Crippen LogP) is 8.41. The van der Waals surface area contributed by atoms with Gasteiger partial charge in [-0.15, -0.1) is 0 Å². The summed E-state index contributed by atoms with van der Waals surface area (Å²) < 4.78 is 31.5. The van der Waals surface area contributed by atoms with E-state index in [2.05, 4.69) is 49.8 Å². The van der Waals surface area contributed by atoms with Crippen LogP contribution in [-0.2, 0) is 6.61 Å². The minimum atomic E-state index is -0.334. The maximum atomic E-state index is 14.0. The molecule has 1 aliphatic heterocycles. The maximum absolute atomic E-state index is 14.0. The first-order valence-electron chi connectivity index (χ1n) is 13.5. The topological polar surface area (TPSA) is 61.0 Å². The minimum absolute atomic E-state index is 0.193. The lowest BCUT2D eigenvalue weighted by atomic mass is 9.85. The molecule has 0 spiro atoms. The van der Waals surface area contributed by atoms with Crippen molar-refractivity contribution in [3.8, 4) is 34.1 Å². The van der Waals surface area contributed by atoms with E-state index in [-0.39, 0.29) is 18.0 Å². The standard InChI is InChI=1S/C34H35FN2O4/c1-21-11-12-23(35)17-31(21)40-20-27-25(15-16-29-33(27)22(2)19-34(3,4)36-29)26-14-13-24(18-32(26)39-6)41-37-28-9-7-8-10-30(28)38-5/h7-19,36-37H,20H2,1-6H3. The average Bonchev–Trinajstić information content (AvgIpc) is 2.95. The zero-order valence-electron chi connectivity index (χ0n) is 24.2. The monoisotopic (exact) mass is 554 g/mol. The molecule has 0 radical (unpaired) electrons. The fourth-order valence-corrected chi connectivity index (χ4v) is 5.28. The Morgan fingerprint density at radius 2 is 1.59 bits per heavy atom. The molecule has 41 heavy (non-hydrogen) atoms. The Kier molecular flexibility index (Phi) is 7.79. The van der Waals surface area contributed by atoms with Crippen molar-refractivity contribution in [1.29, 1.82) is 0 Å². The van der Waals surface area contributed by atoms with Crippen LogP contribution in [0.25, 0.3) is 16.7 Å². The zero-order valence-corrected chi connectivity index (χ0v) is 24.2. The van der Waals surface area contributed by atoms with Crippen LogP contribution >= 0.6 is 0 Å². The van der Waals surface area contributed by atoms with Crippen LogP contribution in [-0.4, -0.2) is 19.8 Å². The number of fused-ring (bicyclic) bond motifs is 1. The van der Waals surface area contributed by atoms with Gasteiger partial charge in [-0.25, -0.2) is 9.87 Å². The quantitative estimate of drug-likeness (QED) is 0.203. The molecule has 0 aromatic heterocycles. The van der Waals surface area contributed by atoms with E-state index in [0.717, 1.165) is 39.1 Å². The van der Waals surface area contributed by atoms with Crippen molar-refractivity contribution < 1.29 is 23.4 Å². The Balaban J connectivity index is 1.53. The number of benzene rings is 4. The Morgan fingerprint density at radius 3 is 2.37 bits per heavy atom. The summed E-state index contributed by atoms with van der Waals surface area (Å²) in [6.07, 6.45) is 2.22. The molecule has 0 aliphatic carbocycles. The van der Waals surface area contributed by atoms with Crippen LogP contribution in [0.3, 0.4) is 0 Å². The molecule has 5 rings (SSSR count). The molecule has 0 saturated carbocycles. The number of hydrogen-bond acceptors (Lipinski definition) is 6. The van der Waals surface area contributed by atoms with E-state index in [0.29, 0.717) is 28.7 Å². The number of anilines is 2. The molecule has 4 aromatic rings. The van der Waals surface area contributed by atoms with Crippen molar-refractivity contribution in [2.75, 3.05) is 25.0 Å². The molecular weight excluding hydrogens is 519 g/mol. The van der Waals surface area contributed by atoms with E-state index in [1.54, 1.807) is 20.3 Å². The summed E-state index contributed by atoms with van der Waals surface area (Å²) in [5.74, 6) is 2.06. The summed E-state index contributed by atoms with van der Waals surface area (Å²) in [6.45, 7) is 8.54. The number of hydrogen-bond donors (Lipinski definition) is 2. The van der Waals surface area contributed by atoms with Gasteiger partial charge in [0.25, 0.3) is 0 Å². The molecule has 0 unspecified atom stereocenters. The van der Waals surface area contributed by atoms with Crippen LogP contribution < -0.4 is 29.8 Å². The number of rotatable bonds is 9. The Morgan fingerprint density at radius 1 is 0.829 bits per heavy atom. The van der Waals surface area contributed by atoms with Gasteiger partial charge in [0.05, 0.1) is 19.8 Å². The third-order valence-corrected chi connectivity index (χ3v) is 7.11. The van der Waals surface area contributed by atoms with Crippen molar-refractivity contribution in [2.24, 2.45) is 0 Å². The SMILES string of the molecule is COc1ccccc1NOc1ccc(-c2ccc3c(c2COc2cc(F)ccc2C)C(C)=CC(C)(C)N3)c(OC)c1. The van der Waals surface area contributed by atoms with Crippen molar-refractivity contribution in [3.63, 3.8) is 0 Å². The molecular formula is C34H35FN2O4. The van der Waals surface area contributed by atoms with Gasteiger partial charge in [0.2, 0.25) is 0 Å². The van der Waals surface area contributed by atoms with E-state index in [9.17, 15) is 4.39 Å². The number of nitrogens with one attached hydrogen (secondary N) is 2. The molecule has 4 aromatic carbocycles. The van der Waals surface area contributed by atoms with Crippen molar-refractivity contribution in [2.45, 2.75) is 39.8 Å². The summed E-state index contributed by atoms with van der Waals surface area (Å²) >= 11 is 0. The van der Waals surface area contributed by atoms with Gasteiger partial charge in [-0.1, -0.05) is 30.3 Å². The van der Waals surface area contributed by atoms with Crippen molar-refractivity contribution in [1.82, 2.24) is 0 Å². The van der Waals surface area contributed by atoms with Gasteiger partial charge in [-0.2, -0.15) is 0 Å². The van der Waals surface area contributed by atoms with Gasteiger partial charge in [0.15, 0.2) is 5.75 Å². The van der Waals surface area contributed by atoms with E-state index in [1.165, 1.54) is 12.1 Å². The molecule has 0 saturated heterocycles. The molecule has 0 fully saturated rings. The normalized spacial score (nSPS) is 13.4. The highest BCUT2D eigenvalue weighted by Gasteiger charge is 2.27. The molecule has 1 heterocycles. The fraction of sp³-hybridized carbons (Fsp3) is 0.235. The smallest absolute Gasteiger partial charge is 0.158 e. The molecule has 6 nitrogen and oxygen atoms in total. The second-order valence-electron chi connectivity index (χ2n) is 10.7. The van der Waals surface area contributed by atoms with Crippen LogP contribution in [0.2, 0.25) is 0 Å². The number of para-hydroxylation sites is 2. The van der Waals surface area contributed by atoms with Gasteiger partial charge in [-0.3, -0.25) is 0 Å². The van der Waals surface area contributed by atoms with Crippen LogP contribution in [0.1, 0.15) is 37.5 Å². The van der Waals surface area contributed by atoms with E-state index in [4.69, 9.17) is 19.0 Å². The van der Waals surface area contributed by atoms with E-state index < -0.39 is 0 Å². The molecule has 1 aliphatic rings. The lowest BCUT2D eigenvalue weighted by molar-refractivity contribution is 0.302. The Hall–Kier alpha value is -4.65. The molecule has 0 amide bonds. The van der Waals surface area contributed by atoms with E-state index >= 15 is 0 Å². The lowest BCUT2D eigenvalue weighted by Gasteiger charge is -2.33. The molecule has 7 heteroatoms. The first-order chi connectivity index (χ1) is 19.7. The number of methoxy groups -OCH3 is 2.